The number of nitrogens with one attached hydrogen (secondary N) is 1. The maximum atomic E-state index is 11.7. The van der Waals surface area contributed by atoms with Crippen LogP contribution < -0.4 is 10.1 Å². The van der Waals surface area contributed by atoms with E-state index >= 15 is 0 Å². The average molecular weight is 287 g/mol. The van der Waals surface area contributed by atoms with Gasteiger partial charge in [0.2, 0.25) is 5.91 Å². The number of allylic oxidation sites excluding steroid dienone is 1. The number of rotatable bonds is 5. The first kappa shape index (κ1) is 15.2. The topological polar surface area (TPSA) is 51.5 Å². The van der Waals surface area contributed by atoms with E-state index in [1.54, 1.807) is 12.3 Å². The van der Waals surface area contributed by atoms with Crippen molar-refractivity contribution in [3.05, 3.63) is 35.6 Å². The van der Waals surface area contributed by atoms with E-state index < -0.39 is 0 Å². The molecule has 0 aliphatic rings. The standard InChI is InChI=1S/C17H21NO3/c1-5-18-17(19)7-11(3)13-8-14-12(4)10-21-16(14)9-15(13)20-6-2/h7-10H,5-6H2,1-4H3,(H,18,19)/b11-7+. The molecule has 112 valence electrons. The Hall–Kier alpha value is -2.23. The molecule has 0 saturated carbocycles. The van der Waals surface area contributed by atoms with Gasteiger partial charge in [0.1, 0.15) is 11.3 Å². The quantitative estimate of drug-likeness (QED) is 0.853. The second-order valence-corrected chi connectivity index (χ2v) is 4.92. The molecule has 0 saturated heterocycles. The molecule has 2 rings (SSSR count). The Morgan fingerprint density at radius 3 is 2.81 bits per heavy atom. The van der Waals surface area contributed by atoms with Crippen molar-refractivity contribution in [3.63, 3.8) is 0 Å². The van der Waals surface area contributed by atoms with Gasteiger partial charge in [-0.2, -0.15) is 0 Å². The van der Waals surface area contributed by atoms with Crippen LogP contribution in [0.2, 0.25) is 0 Å². The molecule has 21 heavy (non-hydrogen) atoms. The summed E-state index contributed by atoms with van der Waals surface area (Å²) in [6.45, 7) is 8.92. The van der Waals surface area contributed by atoms with Gasteiger partial charge in [-0.3, -0.25) is 4.79 Å². The zero-order valence-electron chi connectivity index (χ0n) is 12.9. The zero-order valence-corrected chi connectivity index (χ0v) is 12.9. The molecule has 2 aromatic rings. The van der Waals surface area contributed by atoms with Gasteiger partial charge in [-0.15, -0.1) is 0 Å². The van der Waals surface area contributed by atoms with Crippen LogP contribution in [0.3, 0.4) is 0 Å². The Morgan fingerprint density at radius 1 is 1.38 bits per heavy atom. The lowest BCUT2D eigenvalue weighted by Crippen LogP contribution is -2.20. The molecular formula is C17H21NO3. The van der Waals surface area contributed by atoms with Crippen molar-refractivity contribution in [2.75, 3.05) is 13.2 Å². The fraction of sp³-hybridized carbons (Fsp3) is 0.353. The summed E-state index contributed by atoms with van der Waals surface area (Å²) >= 11 is 0. The first-order valence-electron chi connectivity index (χ1n) is 7.18. The Balaban J connectivity index is 2.51. The number of fused-ring (bicyclic) bond motifs is 1. The van der Waals surface area contributed by atoms with Crippen LogP contribution in [0.15, 0.2) is 28.9 Å². The van der Waals surface area contributed by atoms with Gasteiger partial charge in [0.05, 0.1) is 12.9 Å². The molecule has 0 spiro atoms. The summed E-state index contributed by atoms with van der Waals surface area (Å²) in [5.74, 6) is 0.638. The highest BCUT2D eigenvalue weighted by Crippen LogP contribution is 2.33. The Morgan fingerprint density at radius 2 is 2.14 bits per heavy atom. The lowest BCUT2D eigenvalue weighted by Gasteiger charge is -2.11. The van der Waals surface area contributed by atoms with E-state index in [1.807, 2.05) is 39.8 Å². The van der Waals surface area contributed by atoms with Crippen LogP contribution in [0.4, 0.5) is 0 Å². The summed E-state index contributed by atoms with van der Waals surface area (Å²) < 4.78 is 11.2. The summed E-state index contributed by atoms with van der Waals surface area (Å²) in [6.07, 6.45) is 3.33. The molecule has 0 aliphatic heterocycles. The zero-order chi connectivity index (χ0) is 15.4. The molecule has 0 aliphatic carbocycles. The number of aryl methyl sites for hydroxylation is 1. The minimum atomic E-state index is -0.0959. The summed E-state index contributed by atoms with van der Waals surface area (Å²) in [5.41, 5.74) is 3.65. The van der Waals surface area contributed by atoms with Gasteiger partial charge >= 0.3 is 0 Å². The monoisotopic (exact) mass is 287 g/mol. The minimum Gasteiger partial charge on any atom is -0.493 e. The second-order valence-electron chi connectivity index (χ2n) is 4.92. The van der Waals surface area contributed by atoms with E-state index in [0.29, 0.717) is 13.2 Å². The fourth-order valence-corrected chi connectivity index (χ4v) is 2.26. The van der Waals surface area contributed by atoms with Crippen molar-refractivity contribution < 1.29 is 13.9 Å². The maximum absolute atomic E-state index is 11.7. The number of carbonyl (C=O) groups is 1. The number of hydrogen-bond donors (Lipinski definition) is 1. The van der Waals surface area contributed by atoms with Gasteiger partial charge in [0.25, 0.3) is 0 Å². The number of furan rings is 1. The smallest absolute Gasteiger partial charge is 0.244 e. The molecule has 4 nitrogen and oxygen atoms in total. The Bertz CT molecular complexity index is 683. The predicted molar refractivity (Wildman–Crippen MR) is 84.5 cm³/mol. The predicted octanol–water partition coefficient (Wildman–Crippen LogP) is 3.68. The van der Waals surface area contributed by atoms with Crippen molar-refractivity contribution in [2.45, 2.75) is 27.7 Å². The minimum absolute atomic E-state index is 0.0959. The van der Waals surface area contributed by atoms with Crippen LogP contribution in [-0.4, -0.2) is 19.1 Å². The number of carbonyl (C=O) groups excluding carboxylic acids is 1. The highest BCUT2D eigenvalue weighted by atomic mass is 16.5. The Kier molecular flexibility index (Phi) is 4.68. The number of likely N-dealkylation sites (N-methyl/N-ethyl adjacent to an activating group) is 1. The number of ether oxygens (including phenoxy) is 1. The van der Waals surface area contributed by atoms with Crippen LogP contribution in [-0.2, 0) is 4.79 Å². The van der Waals surface area contributed by atoms with Gasteiger partial charge in [0, 0.05) is 29.6 Å². The fourth-order valence-electron chi connectivity index (χ4n) is 2.26. The molecule has 0 radical (unpaired) electrons. The van der Waals surface area contributed by atoms with E-state index in [1.165, 1.54) is 0 Å². The third kappa shape index (κ3) is 3.27. The number of benzene rings is 1. The molecule has 1 aromatic carbocycles. The summed E-state index contributed by atoms with van der Waals surface area (Å²) in [4.78, 5) is 11.7. The molecule has 1 heterocycles. The van der Waals surface area contributed by atoms with Crippen molar-refractivity contribution in [2.24, 2.45) is 0 Å². The van der Waals surface area contributed by atoms with Crippen molar-refractivity contribution in [3.8, 4) is 5.75 Å². The highest BCUT2D eigenvalue weighted by Gasteiger charge is 2.12. The van der Waals surface area contributed by atoms with Crippen molar-refractivity contribution in [1.82, 2.24) is 5.32 Å². The SMILES string of the molecule is CCNC(=O)/C=C(\C)c1cc2c(C)coc2cc1OCC. The van der Waals surface area contributed by atoms with Crippen LogP contribution in [0.1, 0.15) is 31.9 Å². The third-order valence-corrected chi connectivity index (χ3v) is 3.29. The van der Waals surface area contributed by atoms with Crippen molar-refractivity contribution >= 4 is 22.4 Å². The molecule has 0 atom stereocenters. The highest BCUT2D eigenvalue weighted by molar-refractivity contribution is 5.97. The van der Waals surface area contributed by atoms with E-state index in [4.69, 9.17) is 9.15 Å². The lowest BCUT2D eigenvalue weighted by atomic mass is 10.0. The van der Waals surface area contributed by atoms with Crippen molar-refractivity contribution in [1.29, 1.82) is 0 Å². The maximum Gasteiger partial charge on any atom is 0.244 e. The van der Waals surface area contributed by atoms with Gasteiger partial charge in [-0.1, -0.05) is 0 Å². The first-order valence-corrected chi connectivity index (χ1v) is 7.18. The molecule has 1 N–H and O–H groups in total. The molecule has 4 heteroatoms. The normalized spacial score (nSPS) is 11.7. The molecule has 0 bridgehead atoms. The number of amides is 1. The lowest BCUT2D eigenvalue weighted by molar-refractivity contribution is -0.116. The van der Waals surface area contributed by atoms with E-state index in [9.17, 15) is 4.79 Å². The van der Waals surface area contributed by atoms with Crippen LogP contribution in [0.5, 0.6) is 5.75 Å². The summed E-state index contributed by atoms with van der Waals surface area (Å²) in [6, 6.07) is 3.90. The molecular weight excluding hydrogens is 266 g/mol. The van der Waals surface area contributed by atoms with Gasteiger partial charge in [-0.25, -0.2) is 0 Å². The Labute approximate surface area is 124 Å². The third-order valence-electron chi connectivity index (χ3n) is 3.29. The van der Waals surface area contributed by atoms with Gasteiger partial charge < -0.3 is 14.5 Å². The average Bonchev–Trinajstić information content (AvgIpc) is 2.79. The molecule has 1 amide bonds. The molecule has 1 aromatic heterocycles. The molecule has 0 unspecified atom stereocenters. The van der Waals surface area contributed by atoms with E-state index in [-0.39, 0.29) is 5.91 Å². The van der Waals surface area contributed by atoms with Gasteiger partial charge in [0.15, 0.2) is 0 Å². The summed E-state index contributed by atoms with van der Waals surface area (Å²) in [5, 5.41) is 3.81. The van der Waals surface area contributed by atoms with Crippen LogP contribution in [0.25, 0.3) is 16.5 Å². The second kappa shape index (κ2) is 6.48. The van der Waals surface area contributed by atoms with Gasteiger partial charge in [-0.05, 0) is 44.9 Å². The largest absolute Gasteiger partial charge is 0.493 e. The number of hydrogen-bond acceptors (Lipinski definition) is 3. The van der Waals surface area contributed by atoms with Crippen LogP contribution in [0, 0.1) is 6.92 Å². The van der Waals surface area contributed by atoms with E-state index in [2.05, 4.69) is 5.32 Å². The van der Waals surface area contributed by atoms with E-state index in [0.717, 1.165) is 33.4 Å². The first-order chi connectivity index (χ1) is 10.1. The van der Waals surface area contributed by atoms with Crippen LogP contribution >= 0.6 is 0 Å². The summed E-state index contributed by atoms with van der Waals surface area (Å²) in [7, 11) is 0. The molecule has 0 fully saturated rings.